The summed E-state index contributed by atoms with van der Waals surface area (Å²) >= 11 is 0. The van der Waals surface area contributed by atoms with Gasteiger partial charge in [-0.2, -0.15) is 5.10 Å². The average molecular weight is 204 g/mol. The number of nitrogens with zero attached hydrogens (tertiary/aromatic N) is 1. The third-order valence-electron chi connectivity index (χ3n) is 2.12. The van der Waals surface area contributed by atoms with Crippen molar-refractivity contribution in [2.24, 2.45) is 0 Å². The van der Waals surface area contributed by atoms with Crippen LogP contribution in [0.5, 0.6) is 0 Å². The molecule has 0 aliphatic rings. The Morgan fingerprint density at radius 3 is 2.53 bits per heavy atom. The molecule has 0 saturated heterocycles. The maximum absolute atomic E-state index is 13.4. The molecule has 3 nitrogen and oxygen atoms in total. The minimum atomic E-state index is -0.580. The zero-order valence-electron chi connectivity index (χ0n) is 8.12. The van der Waals surface area contributed by atoms with Crippen molar-refractivity contribution in [3.8, 4) is 0 Å². The molecule has 76 valence electrons. The molecule has 0 aliphatic carbocycles. The minimum absolute atomic E-state index is 0.154. The van der Waals surface area contributed by atoms with E-state index in [9.17, 15) is 9.18 Å². The van der Waals surface area contributed by atoms with Gasteiger partial charge in [0.05, 0.1) is 5.69 Å². The zero-order chi connectivity index (χ0) is 10.8. The highest BCUT2D eigenvalue weighted by Gasteiger charge is 2.18. The van der Waals surface area contributed by atoms with Crippen LogP contribution in [0.15, 0.2) is 30.3 Å². The summed E-state index contributed by atoms with van der Waals surface area (Å²) in [6, 6.07) is 8.51. The van der Waals surface area contributed by atoms with Crippen LogP contribution in [0.2, 0.25) is 0 Å². The monoisotopic (exact) mass is 204 g/mol. The lowest BCUT2D eigenvalue weighted by atomic mass is 10.1. The standard InChI is InChI=1S/C11H9FN2O/c1-7-9(12)10(14-13-7)11(15)8-5-3-2-4-6-8/h2-6H,1H3,(H,13,14). The molecule has 0 amide bonds. The molecule has 0 aliphatic heterocycles. The topological polar surface area (TPSA) is 45.8 Å². The molecular weight excluding hydrogens is 195 g/mol. The number of ketones is 1. The van der Waals surface area contributed by atoms with Crippen molar-refractivity contribution in [3.05, 3.63) is 53.1 Å². The normalized spacial score (nSPS) is 10.3. The van der Waals surface area contributed by atoms with Crippen molar-refractivity contribution in [3.63, 3.8) is 0 Å². The number of nitrogens with one attached hydrogen (secondary N) is 1. The molecule has 15 heavy (non-hydrogen) atoms. The number of hydrogen-bond acceptors (Lipinski definition) is 2. The van der Waals surface area contributed by atoms with Crippen molar-refractivity contribution < 1.29 is 9.18 Å². The maximum atomic E-state index is 13.4. The lowest BCUT2D eigenvalue weighted by Gasteiger charge is -1.96. The number of benzene rings is 1. The van der Waals surface area contributed by atoms with Crippen LogP contribution >= 0.6 is 0 Å². The van der Waals surface area contributed by atoms with Gasteiger partial charge in [-0.15, -0.1) is 0 Å². The lowest BCUT2D eigenvalue weighted by molar-refractivity contribution is 0.103. The van der Waals surface area contributed by atoms with Gasteiger partial charge in [-0.05, 0) is 6.92 Å². The Morgan fingerprint density at radius 1 is 1.33 bits per heavy atom. The number of halogens is 1. The van der Waals surface area contributed by atoms with Gasteiger partial charge in [0.15, 0.2) is 11.5 Å². The van der Waals surface area contributed by atoms with E-state index in [4.69, 9.17) is 0 Å². The number of carbonyl (C=O) groups excluding carboxylic acids is 1. The fraction of sp³-hybridized carbons (Fsp3) is 0.0909. The number of aromatic nitrogens is 2. The van der Waals surface area contributed by atoms with E-state index in [0.29, 0.717) is 5.56 Å². The van der Waals surface area contributed by atoms with Gasteiger partial charge in [-0.3, -0.25) is 9.89 Å². The van der Waals surface area contributed by atoms with Crippen molar-refractivity contribution in [2.75, 3.05) is 0 Å². The van der Waals surface area contributed by atoms with E-state index in [1.807, 2.05) is 0 Å². The first-order valence-electron chi connectivity index (χ1n) is 4.50. The van der Waals surface area contributed by atoms with E-state index in [1.165, 1.54) is 6.92 Å². The highest BCUT2D eigenvalue weighted by Crippen LogP contribution is 2.12. The zero-order valence-corrected chi connectivity index (χ0v) is 8.12. The SMILES string of the molecule is Cc1[nH]nc(C(=O)c2ccccc2)c1F. The molecular formula is C11H9FN2O. The molecule has 4 heteroatoms. The Balaban J connectivity index is 2.42. The van der Waals surface area contributed by atoms with Gasteiger partial charge >= 0.3 is 0 Å². The second-order valence-electron chi connectivity index (χ2n) is 3.21. The predicted octanol–water partition coefficient (Wildman–Crippen LogP) is 2.09. The molecule has 2 rings (SSSR count). The molecule has 0 bridgehead atoms. The van der Waals surface area contributed by atoms with Gasteiger partial charge in [0.25, 0.3) is 0 Å². The molecule has 0 atom stereocenters. The summed E-state index contributed by atoms with van der Waals surface area (Å²) in [4.78, 5) is 11.8. The molecule has 0 spiro atoms. The minimum Gasteiger partial charge on any atom is -0.287 e. The number of hydrogen-bond donors (Lipinski definition) is 1. The van der Waals surface area contributed by atoms with Gasteiger partial charge in [0.2, 0.25) is 5.78 Å². The smallest absolute Gasteiger partial charge is 0.216 e. The van der Waals surface area contributed by atoms with Crippen LogP contribution in [0.4, 0.5) is 4.39 Å². The second kappa shape index (κ2) is 3.65. The summed E-state index contributed by atoms with van der Waals surface area (Å²) in [5, 5.41) is 6.08. The fourth-order valence-corrected chi connectivity index (χ4v) is 1.29. The highest BCUT2D eigenvalue weighted by molar-refractivity contribution is 6.07. The van der Waals surface area contributed by atoms with E-state index in [-0.39, 0.29) is 11.4 Å². The molecule has 1 aromatic heterocycles. The summed E-state index contributed by atoms with van der Waals surface area (Å²) in [5.74, 6) is -0.985. The highest BCUT2D eigenvalue weighted by atomic mass is 19.1. The molecule has 1 aromatic carbocycles. The van der Waals surface area contributed by atoms with Crippen LogP contribution < -0.4 is 0 Å². The number of rotatable bonds is 2. The van der Waals surface area contributed by atoms with Crippen LogP contribution in [0.3, 0.4) is 0 Å². The lowest BCUT2D eigenvalue weighted by Crippen LogP contribution is -2.03. The predicted molar refractivity (Wildman–Crippen MR) is 53.2 cm³/mol. The van der Waals surface area contributed by atoms with Gasteiger partial charge < -0.3 is 0 Å². The first kappa shape index (κ1) is 9.58. The molecule has 0 unspecified atom stereocenters. The molecule has 1 N–H and O–H groups in total. The number of carbonyl (C=O) groups is 1. The largest absolute Gasteiger partial charge is 0.287 e. The Labute approximate surface area is 85.9 Å². The van der Waals surface area contributed by atoms with Crippen LogP contribution in [-0.4, -0.2) is 16.0 Å². The van der Waals surface area contributed by atoms with E-state index < -0.39 is 11.6 Å². The summed E-state index contributed by atoms with van der Waals surface area (Å²) in [6.45, 7) is 1.53. The fourth-order valence-electron chi connectivity index (χ4n) is 1.29. The third kappa shape index (κ3) is 1.66. The molecule has 0 saturated carbocycles. The Bertz CT molecular complexity index is 491. The molecule has 1 heterocycles. The summed E-state index contributed by atoms with van der Waals surface area (Å²) < 4.78 is 13.4. The average Bonchev–Trinajstić information content (AvgIpc) is 2.60. The van der Waals surface area contributed by atoms with Crippen LogP contribution in [0, 0.1) is 12.7 Å². The van der Waals surface area contributed by atoms with Gasteiger partial charge in [-0.25, -0.2) is 4.39 Å². The first-order valence-corrected chi connectivity index (χ1v) is 4.50. The van der Waals surface area contributed by atoms with E-state index >= 15 is 0 Å². The number of aryl methyl sites for hydroxylation is 1. The maximum Gasteiger partial charge on any atom is 0.216 e. The summed E-state index contributed by atoms with van der Waals surface area (Å²) in [7, 11) is 0. The van der Waals surface area contributed by atoms with E-state index in [2.05, 4.69) is 10.2 Å². The number of H-pyrrole nitrogens is 1. The van der Waals surface area contributed by atoms with E-state index in [0.717, 1.165) is 0 Å². The van der Waals surface area contributed by atoms with Gasteiger partial charge in [0, 0.05) is 5.56 Å². The molecule has 0 fully saturated rings. The number of aromatic amines is 1. The Kier molecular flexibility index (Phi) is 2.33. The molecule has 0 radical (unpaired) electrons. The van der Waals surface area contributed by atoms with Crippen molar-refractivity contribution in [2.45, 2.75) is 6.92 Å². The second-order valence-corrected chi connectivity index (χ2v) is 3.21. The third-order valence-corrected chi connectivity index (χ3v) is 2.12. The van der Waals surface area contributed by atoms with Crippen molar-refractivity contribution in [1.29, 1.82) is 0 Å². The van der Waals surface area contributed by atoms with Crippen LogP contribution in [0.25, 0.3) is 0 Å². The van der Waals surface area contributed by atoms with Crippen LogP contribution in [-0.2, 0) is 0 Å². The molecule has 2 aromatic rings. The van der Waals surface area contributed by atoms with Crippen molar-refractivity contribution in [1.82, 2.24) is 10.2 Å². The van der Waals surface area contributed by atoms with Gasteiger partial charge in [0.1, 0.15) is 0 Å². The quantitative estimate of drug-likeness (QED) is 0.761. The summed E-state index contributed by atoms with van der Waals surface area (Å²) in [5.41, 5.74) is 0.552. The van der Waals surface area contributed by atoms with E-state index in [1.54, 1.807) is 30.3 Å². The first-order chi connectivity index (χ1) is 7.20. The van der Waals surface area contributed by atoms with Gasteiger partial charge in [-0.1, -0.05) is 30.3 Å². The van der Waals surface area contributed by atoms with Crippen molar-refractivity contribution >= 4 is 5.78 Å². The van der Waals surface area contributed by atoms with Crippen LogP contribution in [0.1, 0.15) is 21.7 Å². The summed E-state index contributed by atoms with van der Waals surface area (Å²) in [6.07, 6.45) is 0. The Morgan fingerprint density at radius 2 is 2.00 bits per heavy atom. The Hall–Kier alpha value is -1.97.